The summed E-state index contributed by atoms with van der Waals surface area (Å²) in [6, 6.07) is 4.13. The molecule has 2 rings (SSSR count). The molecule has 1 fully saturated rings. The third-order valence-electron chi connectivity index (χ3n) is 3.48. The van der Waals surface area contributed by atoms with Crippen molar-refractivity contribution >= 4 is 17.4 Å². The Morgan fingerprint density at radius 2 is 2.24 bits per heavy atom. The molecule has 0 atom stereocenters. The Morgan fingerprint density at radius 3 is 2.76 bits per heavy atom. The van der Waals surface area contributed by atoms with Crippen LogP contribution in [-0.2, 0) is 0 Å². The van der Waals surface area contributed by atoms with Crippen molar-refractivity contribution < 1.29 is 9.18 Å². The Hall–Kier alpha value is -0.930. The second kappa shape index (κ2) is 4.75. The highest BCUT2D eigenvalue weighted by Gasteiger charge is 2.44. The number of hydrogen-bond donors (Lipinski definition) is 1. The van der Waals surface area contributed by atoms with Gasteiger partial charge in [0.05, 0.1) is 5.56 Å². The van der Waals surface area contributed by atoms with Crippen molar-refractivity contribution in [3.05, 3.63) is 34.6 Å². The molecule has 0 amide bonds. The minimum atomic E-state index is -0.484. The molecule has 1 aromatic rings. The van der Waals surface area contributed by atoms with Gasteiger partial charge in [0.25, 0.3) is 0 Å². The standard InChI is InChI=1S/C13H15ClFNO/c1-16-8-13(5-2-6-13)12(17)10-7-9(14)3-4-11(10)15/h3-4,7,16H,2,5-6,8H2,1H3. The Kier molecular flexibility index (Phi) is 3.50. The van der Waals surface area contributed by atoms with Crippen molar-refractivity contribution in [3.8, 4) is 0 Å². The fraction of sp³-hybridized carbons (Fsp3) is 0.462. The van der Waals surface area contributed by atoms with Crippen LogP contribution < -0.4 is 5.32 Å². The second-order valence-corrected chi connectivity index (χ2v) is 5.05. The smallest absolute Gasteiger partial charge is 0.173 e. The number of benzene rings is 1. The average Bonchev–Trinajstić information content (AvgIpc) is 2.26. The van der Waals surface area contributed by atoms with Crippen LogP contribution in [-0.4, -0.2) is 19.4 Å². The van der Waals surface area contributed by atoms with Gasteiger partial charge in [0.2, 0.25) is 0 Å². The highest BCUT2D eigenvalue weighted by atomic mass is 35.5. The van der Waals surface area contributed by atoms with Crippen LogP contribution in [0.5, 0.6) is 0 Å². The van der Waals surface area contributed by atoms with E-state index in [0.717, 1.165) is 19.3 Å². The quantitative estimate of drug-likeness (QED) is 0.838. The van der Waals surface area contributed by atoms with Crippen LogP contribution in [0.3, 0.4) is 0 Å². The van der Waals surface area contributed by atoms with Gasteiger partial charge in [-0.1, -0.05) is 18.0 Å². The predicted octanol–water partition coefficient (Wildman–Crippen LogP) is 3.05. The zero-order valence-corrected chi connectivity index (χ0v) is 10.5. The number of halogens is 2. The van der Waals surface area contributed by atoms with E-state index in [4.69, 9.17) is 11.6 Å². The number of nitrogens with one attached hydrogen (secondary N) is 1. The van der Waals surface area contributed by atoms with E-state index in [1.165, 1.54) is 18.2 Å². The summed E-state index contributed by atoms with van der Waals surface area (Å²) in [6.45, 7) is 0.595. The lowest BCUT2D eigenvalue weighted by molar-refractivity contribution is 0.0610. The minimum absolute atomic E-state index is 0.118. The highest BCUT2D eigenvalue weighted by molar-refractivity contribution is 6.31. The van der Waals surface area contributed by atoms with Crippen LogP contribution in [0, 0.1) is 11.2 Å². The number of carbonyl (C=O) groups excluding carboxylic acids is 1. The Labute approximate surface area is 105 Å². The number of Topliss-reactive ketones (excluding diaryl/α,β-unsaturated/α-hetero) is 1. The van der Waals surface area contributed by atoms with E-state index in [9.17, 15) is 9.18 Å². The fourth-order valence-corrected chi connectivity index (χ4v) is 2.56. The number of ketones is 1. The molecule has 0 radical (unpaired) electrons. The first-order valence-corrected chi connectivity index (χ1v) is 6.11. The molecule has 1 aromatic carbocycles. The molecule has 0 unspecified atom stereocenters. The van der Waals surface area contributed by atoms with Gasteiger partial charge in [0, 0.05) is 17.0 Å². The van der Waals surface area contributed by atoms with Crippen LogP contribution in [0.1, 0.15) is 29.6 Å². The average molecular weight is 256 g/mol. The summed E-state index contributed by atoms with van der Waals surface area (Å²) in [4.78, 5) is 12.4. The zero-order chi connectivity index (χ0) is 12.5. The van der Waals surface area contributed by atoms with E-state index in [2.05, 4.69) is 5.32 Å². The maximum Gasteiger partial charge on any atom is 0.173 e. The Bertz CT molecular complexity index is 443. The molecule has 4 heteroatoms. The van der Waals surface area contributed by atoms with Crippen molar-refractivity contribution in [3.63, 3.8) is 0 Å². The molecule has 0 spiro atoms. The van der Waals surface area contributed by atoms with Crippen LogP contribution in [0.25, 0.3) is 0 Å². The van der Waals surface area contributed by atoms with Crippen molar-refractivity contribution in [1.29, 1.82) is 0 Å². The van der Waals surface area contributed by atoms with Gasteiger partial charge < -0.3 is 5.32 Å². The van der Waals surface area contributed by atoms with Gasteiger partial charge in [-0.2, -0.15) is 0 Å². The summed E-state index contributed by atoms with van der Waals surface area (Å²) in [6.07, 6.45) is 2.66. The van der Waals surface area contributed by atoms with Gasteiger partial charge in [-0.05, 0) is 38.1 Å². The van der Waals surface area contributed by atoms with Gasteiger partial charge in [0.15, 0.2) is 5.78 Å². The maximum atomic E-state index is 13.7. The summed E-state index contributed by atoms with van der Waals surface area (Å²) >= 11 is 5.81. The molecule has 1 aliphatic carbocycles. The van der Waals surface area contributed by atoms with Crippen molar-refractivity contribution in [1.82, 2.24) is 5.32 Å². The predicted molar refractivity (Wildman–Crippen MR) is 66.0 cm³/mol. The number of hydrogen-bond acceptors (Lipinski definition) is 2. The molecular weight excluding hydrogens is 241 g/mol. The number of carbonyl (C=O) groups is 1. The van der Waals surface area contributed by atoms with Crippen LogP contribution in [0.2, 0.25) is 5.02 Å². The first kappa shape index (κ1) is 12.5. The fourth-order valence-electron chi connectivity index (χ4n) is 2.38. The summed E-state index contributed by atoms with van der Waals surface area (Å²) in [5.41, 5.74) is -0.312. The maximum absolute atomic E-state index is 13.7. The molecule has 92 valence electrons. The van der Waals surface area contributed by atoms with Crippen LogP contribution >= 0.6 is 11.6 Å². The molecule has 17 heavy (non-hydrogen) atoms. The molecular formula is C13H15ClFNO. The first-order chi connectivity index (χ1) is 8.09. The monoisotopic (exact) mass is 255 g/mol. The highest BCUT2D eigenvalue weighted by Crippen LogP contribution is 2.43. The Balaban J connectivity index is 2.32. The normalized spacial score (nSPS) is 17.6. The SMILES string of the molecule is CNCC1(C(=O)c2cc(Cl)ccc2F)CCC1. The third-order valence-corrected chi connectivity index (χ3v) is 3.72. The third kappa shape index (κ3) is 2.22. The van der Waals surface area contributed by atoms with Crippen LogP contribution in [0.15, 0.2) is 18.2 Å². The summed E-state index contributed by atoms with van der Waals surface area (Å²) in [5.74, 6) is -0.611. The van der Waals surface area contributed by atoms with Gasteiger partial charge in [-0.15, -0.1) is 0 Å². The molecule has 0 heterocycles. The molecule has 1 N–H and O–H groups in total. The van der Waals surface area contributed by atoms with E-state index in [1.807, 2.05) is 7.05 Å². The van der Waals surface area contributed by atoms with Crippen molar-refractivity contribution in [2.45, 2.75) is 19.3 Å². The first-order valence-electron chi connectivity index (χ1n) is 5.73. The minimum Gasteiger partial charge on any atom is -0.319 e. The molecule has 0 saturated heterocycles. The van der Waals surface area contributed by atoms with Crippen molar-refractivity contribution in [2.24, 2.45) is 5.41 Å². The van der Waals surface area contributed by atoms with Crippen LogP contribution in [0.4, 0.5) is 4.39 Å². The molecule has 1 saturated carbocycles. The van der Waals surface area contributed by atoms with E-state index in [-0.39, 0.29) is 11.3 Å². The lowest BCUT2D eigenvalue weighted by Gasteiger charge is -2.40. The summed E-state index contributed by atoms with van der Waals surface area (Å²) < 4.78 is 13.7. The molecule has 0 aromatic heterocycles. The van der Waals surface area contributed by atoms with E-state index >= 15 is 0 Å². The van der Waals surface area contributed by atoms with Gasteiger partial charge >= 0.3 is 0 Å². The summed E-state index contributed by atoms with van der Waals surface area (Å²) in [5, 5.41) is 3.42. The lowest BCUT2D eigenvalue weighted by atomic mass is 9.64. The lowest BCUT2D eigenvalue weighted by Crippen LogP contribution is -2.45. The van der Waals surface area contributed by atoms with E-state index in [0.29, 0.717) is 11.6 Å². The molecule has 0 aliphatic heterocycles. The molecule has 1 aliphatic rings. The molecule has 0 bridgehead atoms. The topological polar surface area (TPSA) is 29.1 Å². The van der Waals surface area contributed by atoms with E-state index < -0.39 is 11.2 Å². The van der Waals surface area contributed by atoms with Gasteiger partial charge in [-0.3, -0.25) is 4.79 Å². The largest absolute Gasteiger partial charge is 0.319 e. The zero-order valence-electron chi connectivity index (χ0n) is 9.72. The summed E-state index contributed by atoms with van der Waals surface area (Å²) in [7, 11) is 1.81. The number of rotatable bonds is 4. The second-order valence-electron chi connectivity index (χ2n) is 4.62. The Morgan fingerprint density at radius 1 is 1.53 bits per heavy atom. The van der Waals surface area contributed by atoms with Gasteiger partial charge in [0.1, 0.15) is 5.82 Å². The molecule has 2 nitrogen and oxygen atoms in total. The van der Waals surface area contributed by atoms with Crippen molar-refractivity contribution in [2.75, 3.05) is 13.6 Å². The van der Waals surface area contributed by atoms with Gasteiger partial charge in [-0.25, -0.2) is 4.39 Å². The van der Waals surface area contributed by atoms with E-state index in [1.54, 1.807) is 0 Å².